The molecule has 3 aromatic carbocycles. The Morgan fingerprint density at radius 3 is 2.35 bits per heavy atom. The summed E-state index contributed by atoms with van der Waals surface area (Å²) in [4.78, 5) is 28.1. The molecule has 1 amide bonds. The molecule has 1 N–H and O–H groups in total. The maximum absolute atomic E-state index is 13.3. The second kappa shape index (κ2) is 9.35. The fourth-order valence-corrected chi connectivity index (χ4v) is 4.44. The third-order valence-corrected chi connectivity index (χ3v) is 6.40. The highest BCUT2D eigenvalue weighted by Gasteiger charge is 2.47. The number of benzene rings is 3. The molecule has 0 spiro atoms. The number of carbonyl (C=O) groups is 2. The summed E-state index contributed by atoms with van der Waals surface area (Å²) in [6.45, 7) is 6.11. The molecule has 1 heterocycles. The van der Waals surface area contributed by atoms with Crippen molar-refractivity contribution in [3.63, 3.8) is 0 Å². The number of halogens is 1. The number of ketones is 1. The molecular weight excluding hydrogens is 450 g/mol. The Kier molecular flexibility index (Phi) is 6.49. The molecule has 1 unspecified atom stereocenters. The van der Waals surface area contributed by atoms with Crippen LogP contribution in [-0.4, -0.2) is 23.9 Å². The first-order chi connectivity index (χ1) is 16.2. The zero-order chi connectivity index (χ0) is 24.6. The number of amides is 1. The van der Waals surface area contributed by atoms with Gasteiger partial charge < -0.3 is 9.84 Å². The van der Waals surface area contributed by atoms with Crippen molar-refractivity contribution in [2.45, 2.75) is 32.7 Å². The van der Waals surface area contributed by atoms with Crippen molar-refractivity contribution < 1.29 is 19.4 Å². The van der Waals surface area contributed by atoms with Crippen LogP contribution in [0.15, 0.2) is 72.3 Å². The number of aryl methyl sites for hydroxylation is 1. The molecule has 34 heavy (non-hydrogen) atoms. The molecule has 3 aromatic rings. The molecule has 0 aliphatic carbocycles. The van der Waals surface area contributed by atoms with Crippen molar-refractivity contribution in [3.05, 3.63) is 99.6 Å². The third kappa shape index (κ3) is 4.19. The first-order valence-corrected chi connectivity index (χ1v) is 11.4. The summed E-state index contributed by atoms with van der Waals surface area (Å²) < 4.78 is 5.26. The fourth-order valence-electron chi connectivity index (χ4n) is 4.23. The normalized spacial score (nSPS) is 17.5. The van der Waals surface area contributed by atoms with E-state index in [0.717, 1.165) is 11.1 Å². The molecule has 5 nitrogen and oxygen atoms in total. The largest absolute Gasteiger partial charge is 0.507 e. The van der Waals surface area contributed by atoms with E-state index in [1.165, 1.54) is 12.0 Å². The smallest absolute Gasteiger partial charge is 0.300 e. The zero-order valence-electron chi connectivity index (χ0n) is 19.5. The lowest BCUT2D eigenvalue weighted by Crippen LogP contribution is -2.29. The minimum absolute atomic E-state index is 0.0151. The SMILES string of the molecule is COc1ccc(Cl)c(/C(O)=C2\C(=O)C(=O)N(c3ccc(C(C)C)cc3)C2c2cccc(C)c2)c1. The van der Waals surface area contributed by atoms with E-state index in [1.807, 2.05) is 55.5 Å². The Bertz CT molecular complexity index is 1290. The Hall–Kier alpha value is -3.57. The van der Waals surface area contributed by atoms with Gasteiger partial charge in [0, 0.05) is 11.3 Å². The van der Waals surface area contributed by atoms with Crippen molar-refractivity contribution in [3.8, 4) is 5.75 Å². The van der Waals surface area contributed by atoms with Gasteiger partial charge in [-0.3, -0.25) is 14.5 Å². The van der Waals surface area contributed by atoms with Crippen LogP contribution in [0, 0.1) is 6.92 Å². The second-order valence-corrected chi connectivity index (χ2v) is 9.08. The number of aliphatic hydroxyl groups is 1. The minimum atomic E-state index is -0.813. The van der Waals surface area contributed by atoms with Gasteiger partial charge in [0.1, 0.15) is 11.5 Å². The van der Waals surface area contributed by atoms with Crippen LogP contribution in [0.25, 0.3) is 5.76 Å². The lowest BCUT2D eigenvalue weighted by Gasteiger charge is -2.26. The monoisotopic (exact) mass is 475 g/mol. The first kappa shape index (κ1) is 23.6. The van der Waals surface area contributed by atoms with Gasteiger partial charge in [0.25, 0.3) is 11.7 Å². The lowest BCUT2D eigenvalue weighted by atomic mass is 9.94. The number of carbonyl (C=O) groups excluding carboxylic acids is 2. The molecular formula is C28H26ClNO4. The Labute approximate surface area is 204 Å². The molecule has 1 saturated heterocycles. The van der Waals surface area contributed by atoms with Crippen LogP contribution in [0.5, 0.6) is 5.75 Å². The van der Waals surface area contributed by atoms with E-state index in [-0.39, 0.29) is 21.9 Å². The van der Waals surface area contributed by atoms with Crippen molar-refractivity contribution in [1.82, 2.24) is 0 Å². The zero-order valence-corrected chi connectivity index (χ0v) is 20.3. The summed E-state index contributed by atoms with van der Waals surface area (Å²) >= 11 is 6.37. The summed E-state index contributed by atoms with van der Waals surface area (Å²) in [7, 11) is 1.50. The van der Waals surface area contributed by atoms with E-state index >= 15 is 0 Å². The quantitative estimate of drug-likeness (QED) is 0.263. The van der Waals surface area contributed by atoms with E-state index < -0.39 is 17.7 Å². The topological polar surface area (TPSA) is 66.8 Å². The average Bonchev–Trinajstić information content (AvgIpc) is 3.09. The second-order valence-electron chi connectivity index (χ2n) is 8.68. The highest BCUT2D eigenvalue weighted by molar-refractivity contribution is 6.52. The summed E-state index contributed by atoms with van der Waals surface area (Å²) in [6, 6.07) is 19.1. The van der Waals surface area contributed by atoms with E-state index in [4.69, 9.17) is 16.3 Å². The molecule has 4 rings (SSSR count). The number of aliphatic hydroxyl groups excluding tert-OH is 1. The summed E-state index contributed by atoms with van der Waals surface area (Å²) in [5.74, 6) is -1.01. The van der Waals surface area contributed by atoms with Crippen molar-refractivity contribution >= 4 is 34.7 Å². The third-order valence-electron chi connectivity index (χ3n) is 6.07. The Balaban J connectivity index is 1.95. The molecule has 0 saturated carbocycles. The van der Waals surface area contributed by atoms with Gasteiger partial charge in [0.2, 0.25) is 0 Å². The molecule has 174 valence electrons. The van der Waals surface area contributed by atoms with Gasteiger partial charge in [0.15, 0.2) is 0 Å². The Morgan fingerprint density at radius 1 is 1.03 bits per heavy atom. The van der Waals surface area contributed by atoms with E-state index in [9.17, 15) is 14.7 Å². The number of rotatable bonds is 5. The predicted octanol–water partition coefficient (Wildman–Crippen LogP) is 6.41. The predicted molar refractivity (Wildman–Crippen MR) is 134 cm³/mol. The van der Waals surface area contributed by atoms with Gasteiger partial charge in [-0.2, -0.15) is 0 Å². The Morgan fingerprint density at radius 2 is 1.74 bits per heavy atom. The van der Waals surface area contributed by atoms with Gasteiger partial charge >= 0.3 is 0 Å². The highest BCUT2D eigenvalue weighted by Crippen LogP contribution is 2.43. The van der Waals surface area contributed by atoms with Gasteiger partial charge in [-0.1, -0.05) is 67.4 Å². The molecule has 6 heteroatoms. The van der Waals surface area contributed by atoms with Crippen LogP contribution >= 0.6 is 11.6 Å². The maximum Gasteiger partial charge on any atom is 0.300 e. The molecule has 0 bridgehead atoms. The number of nitrogens with zero attached hydrogens (tertiary/aromatic N) is 1. The van der Waals surface area contributed by atoms with Crippen LogP contribution in [-0.2, 0) is 9.59 Å². The van der Waals surface area contributed by atoms with Gasteiger partial charge in [-0.05, 0) is 54.3 Å². The van der Waals surface area contributed by atoms with E-state index in [2.05, 4.69) is 13.8 Å². The van der Waals surface area contributed by atoms with Gasteiger partial charge in [-0.15, -0.1) is 0 Å². The lowest BCUT2D eigenvalue weighted by molar-refractivity contribution is -0.132. The minimum Gasteiger partial charge on any atom is -0.507 e. The molecule has 0 radical (unpaired) electrons. The number of hydrogen-bond acceptors (Lipinski definition) is 4. The first-order valence-electron chi connectivity index (χ1n) is 11.0. The average molecular weight is 476 g/mol. The van der Waals surface area contributed by atoms with Gasteiger partial charge in [0.05, 0.1) is 23.7 Å². The summed E-state index contributed by atoms with van der Waals surface area (Å²) in [5.41, 5.74) is 3.60. The molecule has 1 atom stereocenters. The molecule has 1 aliphatic heterocycles. The summed E-state index contributed by atoms with van der Waals surface area (Å²) in [6.07, 6.45) is 0. The van der Waals surface area contributed by atoms with E-state index in [1.54, 1.807) is 18.2 Å². The maximum atomic E-state index is 13.3. The van der Waals surface area contributed by atoms with Crippen LogP contribution < -0.4 is 9.64 Å². The van der Waals surface area contributed by atoms with Crippen molar-refractivity contribution in [2.75, 3.05) is 12.0 Å². The van der Waals surface area contributed by atoms with Crippen molar-refractivity contribution in [1.29, 1.82) is 0 Å². The van der Waals surface area contributed by atoms with Crippen LogP contribution in [0.2, 0.25) is 5.02 Å². The standard InChI is InChI=1S/C28H26ClNO4/c1-16(2)18-8-10-20(11-9-18)30-25(19-7-5-6-17(3)14-19)24(27(32)28(30)33)26(31)22-15-21(34-4)12-13-23(22)29/h5-16,25,31H,1-4H3/b26-24+. The molecule has 0 aromatic heterocycles. The van der Waals surface area contributed by atoms with E-state index in [0.29, 0.717) is 22.9 Å². The number of Topliss-reactive ketones (excluding diaryl/α,β-unsaturated/α-hetero) is 1. The number of anilines is 1. The summed E-state index contributed by atoms with van der Waals surface area (Å²) in [5, 5.41) is 11.6. The molecule has 1 aliphatic rings. The highest BCUT2D eigenvalue weighted by atomic mass is 35.5. The number of methoxy groups -OCH3 is 1. The number of ether oxygens (including phenoxy) is 1. The van der Waals surface area contributed by atoms with Gasteiger partial charge in [-0.25, -0.2) is 0 Å². The number of hydrogen-bond donors (Lipinski definition) is 1. The van der Waals surface area contributed by atoms with Crippen LogP contribution in [0.1, 0.15) is 48.1 Å². The van der Waals surface area contributed by atoms with Crippen LogP contribution in [0.3, 0.4) is 0 Å². The van der Waals surface area contributed by atoms with Crippen molar-refractivity contribution in [2.24, 2.45) is 0 Å². The fraction of sp³-hybridized carbons (Fsp3) is 0.214. The molecule has 1 fully saturated rings. The van der Waals surface area contributed by atoms with Crippen LogP contribution in [0.4, 0.5) is 5.69 Å².